The Hall–Kier alpha value is -3.86. The molecule has 30 heavy (non-hydrogen) atoms. The van der Waals surface area contributed by atoms with E-state index in [0.717, 1.165) is 16.6 Å². The number of anilines is 1. The first-order valence-corrected chi connectivity index (χ1v) is 9.82. The van der Waals surface area contributed by atoms with Crippen molar-refractivity contribution in [3.63, 3.8) is 0 Å². The van der Waals surface area contributed by atoms with E-state index in [9.17, 15) is 9.90 Å². The molecule has 5 heteroatoms. The zero-order chi connectivity index (χ0) is 20.9. The van der Waals surface area contributed by atoms with Crippen LogP contribution in [0.5, 0.6) is 5.75 Å². The number of hydrogen-bond acceptors (Lipinski definition) is 5. The van der Waals surface area contributed by atoms with E-state index in [1.54, 1.807) is 31.3 Å². The lowest BCUT2D eigenvalue weighted by atomic mass is 9.96. The summed E-state index contributed by atoms with van der Waals surface area (Å²) in [6.07, 6.45) is 1.67. The molecule has 1 heterocycles. The van der Waals surface area contributed by atoms with Crippen LogP contribution in [0, 0.1) is 0 Å². The van der Waals surface area contributed by atoms with Crippen LogP contribution in [0.3, 0.4) is 0 Å². The third-order valence-electron chi connectivity index (χ3n) is 4.91. The molecule has 0 saturated carbocycles. The minimum Gasteiger partial charge on any atom is -0.505 e. The van der Waals surface area contributed by atoms with Gasteiger partial charge in [-0.3, -0.25) is 4.98 Å². The minimum atomic E-state index is -0.366. The van der Waals surface area contributed by atoms with E-state index in [0.29, 0.717) is 23.3 Å². The molecule has 5 nitrogen and oxygen atoms in total. The van der Waals surface area contributed by atoms with Crippen LogP contribution in [0.1, 0.15) is 34.5 Å². The number of nitrogens with zero attached hydrogens (tertiary/aromatic N) is 1. The van der Waals surface area contributed by atoms with E-state index >= 15 is 0 Å². The standard InChI is InChI=1S/C25H22N2O3/c1-2-30-25(29)19-10-6-12-20(16-19)27-22(17-8-4-3-5-9-17)21-14-13-18-11-7-15-26-23(18)24(21)28/h3-16,22,27-28H,2H2,1H3. The highest BCUT2D eigenvalue weighted by Gasteiger charge is 2.20. The fourth-order valence-corrected chi connectivity index (χ4v) is 3.48. The molecule has 2 N–H and O–H groups in total. The van der Waals surface area contributed by atoms with Crippen molar-refractivity contribution in [2.24, 2.45) is 0 Å². The van der Waals surface area contributed by atoms with Gasteiger partial charge in [-0.25, -0.2) is 4.79 Å². The second kappa shape index (κ2) is 8.66. The van der Waals surface area contributed by atoms with Gasteiger partial charge in [-0.1, -0.05) is 54.6 Å². The summed E-state index contributed by atoms with van der Waals surface area (Å²) in [5.41, 5.74) is 3.45. The van der Waals surface area contributed by atoms with Gasteiger partial charge in [0, 0.05) is 22.8 Å². The molecule has 3 aromatic carbocycles. The zero-order valence-corrected chi connectivity index (χ0v) is 16.6. The predicted octanol–water partition coefficient (Wildman–Crippen LogP) is 5.32. The second-order valence-corrected chi connectivity index (χ2v) is 6.87. The van der Waals surface area contributed by atoms with Crippen LogP contribution in [0.4, 0.5) is 5.69 Å². The Bertz CT molecular complexity index is 1180. The Morgan fingerprint density at radius 1 is 1.03 bits per heavy atom. The maximum atomic E-state index is 12.1. The van der Waals surface area contributed by atoms with E-state index in [1.165, 1.54) is 0 Å². The fourth-order valence-electron chi connectivity index (χ4n) is 3.48. The zero-order valence-electron chi connectivity index (χ0n) is 16.6. The van der Waals surface area contributed by atoms with E-state index in [1.807, 2.05) is 60.7 Å². The summed E-state index contributed by atoms with van der Waals surface area (Å²) >= 11 is 0. The number of phenols is 1. The lowest BCUT2D eigenvalue weighted by Gasteiger charge is -2.23. The Morgan fingerprint density at radius 3 is 2.67 bits per heavy atom. The molecule has 150 valence electrons. The summed E-state index contributed by atoms with van der Waals surface area (Å²) in [6, 6.07) is 24.3. The van der Waals surface area contributed by atoms with Gasteiger partial charge in [-0.2, -0.15) is 0 Å². The van der Waals surface area contributed by atoms with Crippen molar-refractivity contribution in [3.05, 3.63) is 102 Å². The Kier molecular flexibility index (Phi) is 5.61. The monoisotopic (exact) mass is 398 g/mol. The van der Waals surface area contributed by atoms with Crippen molar-refractivity contribution in [1.29, 1.82) is 0 Å². The third-order valence-corrected chi connectivity index (χ3v) is 4.91. The second-order valence-electron chi connectivity index (χ2n) is 6.87. The summed E-state index contributed by atoms with van der Waals surface area (Å²) in [4.78, 5) is 16.5. The van der Waals surface area contributed by atoms with E-state index in [4.69, 9.17) is 4.74 Å². The van der Waals surface area contributed by atoms with Crippen molar-refractivity contribution >= 4 is 22.6 Å². The molecule has 1 atom stereocenters. The molecule has 0 radical (unpaired) electrons. The van der Waals surface area contributed by atoms with E-state index < -0.39 is 0 Å². The minimum absolute atomic E-state index is 0.135. The number of hydrogen-bond donors (Lipinski definition) is 2. The number of rotatable bonds is 6. The molecule has 4 aromatic rings. The van der Waals surface area contributed by atoms with Crippen LogP contribution in [-0.4, -0.2) is 22.7 Å². The molecule has 1 unspecified atom stereocenters. The normalized spacial score (nSPS) is 11.8. The number of fused-ring (bicyclic) bond motifs is 1. The van der Waals surface area contributed by atoms with Crippen molar-refractivity contribution in [2.75, 3.05) is 11.9 Å². The van der Waals surface area contributed by atoms with Gasteiger partial charge >= 0.3 is 5.97 Å². The average Bonchev–Trinajstić information content (AvgIpc) is 2.79. The highest BCUT2D eigenvalue weighted by atomic mass is 16.5. The summed E-state index contributed by atoms with van der Waals surface area (Å²) < 4.78 is 5.11. The van der Waals surface area contributed by atoms with E-state index in [-0.39, 0.29) is 17.8 Å². The molecule has 0 fully saturated rings. The molecular weight excluding hydrogens is 376 g/mol. The SMILES string of the molecule is CCOC(=O)c1cccc(NC(c2ccccc2)c2ccc3cccnc3c2O)c1. The van der Waals surface area contributed by atoms with Gasteiger partial charge in [0.15, 0.2) is 0 Å². The molecular formula is C25H22N2O3. The van der Waals surface area contributed by atoms with Gasteiger partial charge in [0.1, 0.15) is 11.3 Å². The molecule has 0 aliphatic rings. The van der Waals surface area contributed by atoms with Crippen LogP contribution in [0.25, 0.3) is 10.9 Å². The van der Waals surface area contributed by atoms with Crippen LogP contribution in [0.15, 0.2) is 85.1 Å². The predicted molar refractivity (Wildman–Crippen MR) is 118 cm³/mol. The summed E-state index contributed by atoms with van der Waals surface area (Å²) in [5.74, 6) is -0.230. The first-order valence-electron chi connectivity index (χ1n) is 9.82. The lowest BCUT2D eigenvalue weighted by molar-refractivity contribution is 0.0526. The van der Waals surface area contributed by atoms with Gasteiger partial charge in [0.05, 0.1) is 18.2 Å². The Morgan fingerprint density at radius 2 is 1.87 bits per heavy atom. The number of benzene rings is 3. The average molecular weight is 398 g/mol. The summed E-state index contributed by atoms with van der Waals surface area (Å²) in [6.45, 7) is 2.10. The number of ether oxygens (including phenoxy) is 1. The molecule has 1 aromatic heterocycles. The van der Waals surface area contributed by atoms with Crippen LogP contribution >= 0.6 is 0 Å². The third kappa shape index (κ3) is 3.96. The smallest absolute Gasteiger partial charge is 0.338 e. The molecule has 4 rings (SSSR count). The van der Waals surface area contributed by atoms with Gasteiger partial charge in [0.2, 0.25) is 0 Å². The number of nitrogens with one attached hydrogen (secondary N) is 1. The van der Waals surface area contributed by atoms with Gasteiger partial charge in [-0.05, 0) is 36.8 Å². The Balaban J connectivity index is 1.77. The van der Waals surface area contributed by atoms with Crippen molar-refractivity contribution in [1.82, 2.24) is 4.98 Å². The Labute approximate surface area is 175 Å². The number of pyridine rings is 1. The maximum Gasteiger partial charge on any atom is 0.338 e. The first kappa shape index (κ1) is 19.5. The molecule has 0 bridgehead atoms. The summed E-state index contributed by atoms with van der Waals surface area (Å²) in [5, 5.41) is 15.3. The number of aromatic nitrogens is 1. The molecule has 0 spiro atoms. The molecule has 0 aliphatic heterocycles. The van der Waals surface area contributed by atoms with Gasteiger partial charge in [0.25, 0.3) is 0 Å². The van der Waals surface area contributed by atoms with Gasteiger partial charge in [-0.15, -0.1) is 0 Å². The summed E-state index contributed by atoms with van der Waals surface area (Å²) in [7, 11) is 0. The van der Waals surface area contributed by atoms with E-state index in [2.05, 4.69) is 10.3 Å². The number of phenolic OH excluding ortho intramolecular Hbond substituents is 1. The van der Waals surface area contributed by atoms with Crippen molar-refractivity contribution < 1.29 is 14.6 Å². The molecule has 0 aliphatic carbocycles. The molecule has 0 amide bonds. The van der Waals surface area contributed by atoms with Crippen LogP contribution in [0.2, 0.25) is 0 Å². The number of esters is 1. The highest BCUT2D eigenvalue weighted by molar-refractivity contribution is 5.90. The number of carbonyl (C=O) groups is 1. The van der Waals surface area contributed by atoms with Crippen molar-refractivity contribution in [3.8, 4) is 5.75 Å². The number of carbonyl (C=O) groups excluding carboxylic acids is 1. The highest BCUT2D eigenvalue weighted by Crippen LogP contribution is 2.36. The quantitative estimate of drug-likeness (QED) is 0.430. The van der Waals surface area contributed by atoms with Crippen molar-refractivity contribution in [2.45, 2.75) is 13.0 Å². The fraction of sp³-hybridized carbons (Fsp3) is 0.120. The van der Waals surface area contributed by atoms with Crippen LogP contribution < -0.4 is 5.32 Å². The topological polar surface area (TPSA) is 71.5 Å². The maximum absolute atomic E-state index is 12.1. The first-order chi connectivity index (χ1) is 14.7. The number of aromatic hydroxyl groups is 1. The van der Waals surface area contributed by atoms with Crippen LogP contribution in [-0.2, 0) is 4.74 Å². The largest absolute Gasteiger partial charge is 0.505 e. The molecule has 0 saturated heterocycles. The van der Waals surface area contributed by atoms with Gasteiger partial charge < -0.3 is 15.2 Å². The lowest BCUT2D eigenvalue weighted by Crippen LogP contribution is -2.13.